The zero-order valence-electron chi connectivity index (χ0n) is 12.3. The summed E-state index contributed by atoms with van der Waals surface area (Å²) in [4.78, 5) is 11.8. The quantitative estimate of drug-likeness (QED) is 0.860. The lowest BCUT2D eigenvalue weighted by atomic mass is 10.1. The minimum absolute atomic E-state index is 0.117. The Bertz CT molecular complexity index is 611. The van der Waals surface area contributed by atoms with Crippen LogP contribution in [0.1, 0.15) is 17.2 Å². The second kappa shape index (κ2) is 7.56. The number of aliphatic hydroxyl groups is 1. The highest BCUT2D eigenvalue weighted by molar-refractivity contribution is 5.78. The van der Waals surface area contributed by atoms with Crippen molar-refractivity contribution < 1.29 is 19.0 Å². The van der Waals surface area contributed by atoms with Crippen LogP contribution in [0.5, 0.6) is 5.75 Å². The Labute approximate surface area is 128 Å². The van der Waals surface area contributed by atoms with Gasteiger partial charge in [-0.2, -0.15) is 0 Å². The third-order valence-electron chi connectivity index (χ3n) is 3.27. The van der Waals surface area contributed by atoms with E-state index >= 15 is 0 Å². The second-order valence-corrected chi connectivity index (χ2v) is 4.90. The monoisotopic (exact) mass is 303 g/mol. The molecule has 4 nitrogen and oxygen atoms in total. The van der Waals surface area contributed by atoms with Crippen molar-refractivity contribution >= 4 is 5.91 Å². The summed E-state index contributed by atoms with van der Waals surface area (Å²) in [7, 11) is 1.57. The molecule has 0 aromatic heterocycles. The van der Waals surface area contributed by atoms with Crippen LogP contribution in [0.25, 0.3) is 0 Å². The van der Waals surface area contributed by atoms with Gasteiger partial charge in [0.15, 0.2) is 0 Å². The van der Waals surface area contributed by atoms with Crippen LogP contribution in [0.4, 0.5) is 4.39 Å². The van der Waals surface area contributed by atoms with E-state index in [1.807, 2.05) is 0 Å². The summed E-state index contributed by atoms with van der Waals surface area (Å²) in [6.45, 7) is 0.117. The molecule has 0 saturated carbocycles. The Morgan fingerprint density at radius 1 is 1.18 bits per heavy atom. The SMILES string of the molecule is COc1ccc(C(O)CNC(=O)Cc2ccc(F)cc2)cc1. The number of hydrogen-bond donors (Lipinski definition) is 2. The molecule has 0 aliphatic rings. The van der Waals surface area contributed by atoms with Crippen LogP contribution >= 0.6 is 0 Å². The summed E-state index contributed by atoms with van der Waals surface area (Å²) < 4.78 is 17.8. The largest absolute Gasteiger partial charge is 0.497 e. The van der Waals surface area contributed by atoms with E-state index in [1.54, 1.807) is 43.5 Å². The lowest BCUT2D eigenvalue weighted by Crippen LogP contribution is -2.29. The summed E-state index contributed by atoms with van der Waals surface area (Å²) in [5.41, 5.74) is 1.42. The normalized spacial score (nSPS) is 11.8. The van der Waals surface area contributed by atoms with Gasteiger partial charge >= 0.3 is 0 Å². The van der Waals surface area contributed by atoms with Crippen molar-refractivity contribution in [2.45, 2.75) is 12.5 Å². The number of carbonyl (C=O) groups excluding carboxylic acids is 1. The molecular formula is C17H18FNO3. The first-order chi connectivity index (χ1) is 10.6. The van der Waals surface area contributed by atoms with E-state index in [-0.39, 0.29) is 24.7 Å². The van der Waals surface area contributed by atoms with E-state index in [9.17, 15) is 14.3 Å². The van der Waals surface area contributed by atoms with Gasteiger partial charge in [-0.25, -0.2) is 4.39 Å². The zero-order chi connectivity index (χ0) is 15.9. The minimum Gasteiger partial charge on any atom is -0.497 e. The maximum atomic E-state index is 12.8. The van der Waals surface area contributed by atoms with Crippen molar-refractivity contribution in [2.75, 3.05) is 13.7 Å². The lowest BCUT2D eigenvalue weighted by molar-refractivity contribution is -0.120. The molecule has 0 saturated heterocycles. The van der Waals surface area contributed by atoms with Gasteiger partial charge in [0.25, 0.3) is 0 Å². The van der Waals surface area contributed by atoms with Crippen LogP contribution < -0.4 is 10.1 Å². The van der Waals surface area contributed by atoms with Gasteiger partial charge < -0.3 is 15.2 Å². The summed E-state index contributed by atoms with van der Waals surface area (Å²) in [6, 6.07) is 12.7. The van der Waals surface area contributed by atoms with Gasteiger partial charge in [0.1, 0.15) is 11.6 Å². The van der Waals surface area contributed by atoms with Crippen molar-refractivity contribution in [3.8, 4) is 5.75 Å². The first-order valence-electron chi connectivity index (χ1n) is 6.91. The molecule has 0 radical (unpaired) electrons. The predicted octanol–water partition coefficient (Wildman–Crippen LogP) is 2.23. The lowest BCUT2D eigenvalue weighted by Gasteiger charge is -2.13. The molecule has 2 aromatic rings. The Balaban J connectivity index is 1.83. The van der Waals surface area contributed by atoms with Gasteiger partial charge in [-0.05, 0) is 35.4 Å². The van der Waals surface area contributed by atoms with Crippen LogP contribution in [0.2, 0.25) is 0 Å². The Morgan fingerprint density at radius 2 is 1.82 bits per heavy atom. The first-order valence-corrected chi connectivity index (χ1v) is 6.91. The molecule has 2 N–H and O–H groups in total. The number of benzene rings is 2. The molecule has 5 heteroatoms. The number of rotatable bonds is 6. The van der Waals surface area contributed by atoms with E-state index in [0.29, 0.717) is 11.3 Å². The zero-order valence-corrected chi connectivity index (χ0v) is 12.3. The number of halogens is 1. The molecule has 0 bridgehead atoms. The minimum atomic E-state index is -0.789. The predicted molar refractivity (Wildman–Crippen MR) is 81.1 cm³/mol. The molecule has 1 unspecified atom stereocenters. The number of nitrogens with one attached hydrogen (secondary N) is 1. The summed E-state index contributed by atoms with van der Waals surface area (Å²) in [5.74, 6) is 0.148. The number of carbonyl (C=O) groups is 1. The van der Waals surface area contributed by atoms with Crippen LogP contribution in [0.3, 0.4) is 0 Å². The topological polar surface area (TPSA) is 58.6 Å². The summed E-state index contributed by atoms with van der Waals surface area (Å²) >= 11 is 0. The highest BCUT2D eigenvalue weighted by Gasteiger charge is 2.10. The van der Waals surface area contributed by atoms with Crippen molar-refractivity contribution in [3.63, 3.8) is 0 Å². The Hall–Kier alpha value is -2.40. The van der Waals surface area contributed by atoms with E-state index in [1.165, 1.54) is 12.1 Å². The molecular weight excluding hydrogens is 285 g/mol. The second-order valence-electron chi connectivity index (χ2n) is 4.90. The van der Waals surface area contributed by atoms with Crippen LogP contribution in [-0.4, -0.2) is 24.7 Å². The average molecular weight is 303 g/mol. The van der Waals surface area contributed by atoms with Crippen molar-refractivity contribution in [1.29, 1.82) is 0 Å². The molecule has 0 aliphatic carbocycles. The third kappa shape index (κ3) is 4.56. The molecule has 0 fully saturated rings. The molecule has 0 spiro atoms. The maximum Gasteiger partial charge on any atom is 0.224 e. The van der Waals surface area contributed by atoms with Crippen LogP contribution in [-0.2, 0) is 11.2 Å². The standard InChI is InChI=1S/C17H18FNO3/c1-22-15-8-4-13(5-9-15)16(20)11-19-17(21)10-12-2-6-14(18)7-3-12/h2-9,16,20H,10-11H2,1H3,(H,19,21). The number of methoxy groups -OCH3 is 1. The maximum absolute atomic E-state index is 12.8. The number of amides is 1. The molecule has 0 heterocycles. The highest BCUT2D eigenvalue weighted by Crippen LogP contribution is 2.17. The Kier molecular flexibility index (Phi) is 5.49. The van der Waals surface area contributed by atoms with Crippen molar-refractivity contribution in [2.24, 2.45) is 0 Å². The van der Waals surface area contributed by atoms with E-state index < -0.39 is 6.10 Å². The molecule has 2 aromatic carbocycles. The van der Waals surface area contributed by atoms with Gasteiger partial charge in [-0.15, -0.1) is 0 Å². The smallest absolute Gasteiger partial charge is 0.224 e. The molecule has 116 valence electrons. The van der Waals surface area contributed by atoms with E-state index in [0.717, 1.165) is 5.56 Å². The van der Waals surface area contributed by atoms with Gasteiger partial charge in [-0.1, -0.05) is 24.3 Å². The summed E-state index contributed by atoms with van der Waals surface area (Å²) in [6.07, 6.45) is -0.640. The molecule has 2 rings (SSSR count). The summed E-state index contributed by atoms with van der Waals surface area (Å²) in [5, 5.41) is 12.7. The number of aliphatic hydroxyl groups excluding tert-OH is 1. The van der Waals surface area contributed by atoms with Crippen LogP contribution in [0.15, 0.2) is 48.5 Å². The fourth-order valence-corrected chi connectivity index (χ4v) is 2.00. The molecule has 0 aliphatic heterocycles. The van der Waals surface area contributed by atoms with E-state index in [4.69, 9.17) is 4.74 Å². The van der Waals surface area contributed by atoms with Crippen LogP contribution in [0, 0.1) is 5.82 Å². The number of hydrogen-bond acceptors (Lipinski definition) is 3. The first kappa shape index (κ1) is 16.0. The molecule has 1 atom stereocenters. The van der Waals surface area contributed by atoms with Gasteiger partial charge in [-0.3, -0.25) is 4.79 Å². The fourth-order valence-electron chi connectivity index (χ4n) is 2.00. The highest BCUT2D eigenvalue weighted by atomic mass is 19.1. The third-order valence-corrected chi connectivity index (χ3v) is 3.27. The fraction of sp³-hybridized carbons (Fsp3) is 0.235. The van der Waals surface area contributed by atoms with Gasteiger partial charge in [0, 0.05) is 6.54 Å². The molecule has 1 amide bonds. The van der Waals surface area contributed by atoms with Crippen molar-refractivity contribution in [1.82, 2.24) is 5.32 Å². The number of ether oxygens (including phenoxy) is 1. The van der Waals surface area contributed by atoms with Gasteiger partial charge in [0.2, 0.25) is 5.91 Å². The van der Waals surface area contributed by atoms with E-state index in [2.05, 4.69) is 5.32 Å². The Morgan fingerprint density at radius 3 is 2.41 bits per heavy atom. The van der Waals surface area contributed by atoms with Crippen molar-refractivity contribution in [3.05, 3.63) is 65.5 Å². The van der Waals surface area contributed by atoms with Gasteiger partial charge in [0.05, 0.1) is 19.6 Å². The molecule has 22 heavy (non-hydrogen) atoms. The average Bonchev–Trinajstić information content (AvgIpc) is 2.55.